The zero-order chi connectivity index (χ0) is 22.7. The Bertz CT molecular complexity index is 991. The summed E-state index contributed by atoms with van der Waals surface area (Å²) in [6, 6.07) is 16.2. The van der Waals surface area contributed by atoms with Crippen molar-refractivity contribution in [2.75, 3.05) is 5.32 Å². The number of benzene rings is 2. The maximum absolute atomic E-state index is 13.4. The number of nitrogens with one attached hydrogen (secondary N) is 2. The van der Waals surface area contributed by atoms with Gasteiger partial charge in [-0.15, -0.1) is 0 Å². The Morgan fingerprint density at radius 2 is 1.75 bits per heavy atom. The Hall–Kier alpha value is -3.15. The fourth-order valence-electron chi connectivity index (χ4n) is 5.20. The van der Waals surface area contributed by atoms with Crippen LogP contribution < -0.4 is 10.6 Å². The highest BCUT2D eigenvalue weighted by atomic mass is 16.2. The lowest BCUT2D eigenvalue weighted by Gasteiger charge is -2.34. The first-order chi connectivity index (χ1) is 15.4. The molecule has 1 saturated carbocycles. The Balaban J connectivity index is 1.53. The topological polar surface area (TPSA) is 78.5 Å². The molecule has 4 unspecified atom stereocenters. The summed E-state index contributed by atoms with van der Waals surface area (Å²) in [7, 11) is 0. The van der Waals surface area contributed by atoms with Gasteiger partial charge >= 0.3 is 0 Å². The van der Waals surface area contributed by atoms with E-state index in [1.807, 2.05) is 66.4 Å². The quantitative estimate of drug-likeness (QED) is 0.738. The van der Waals surface area contributed by atoms with Crippen molar-refractivity contribution in [3.63, 3.8) is 0 Å². The van der Waals surface area contributed by atoms with Gasteiger partial charge in [-0.3, -0.25) is 14.4 Å². The van der Waals surface area contributed by atoms with Crippen molar-refractivity contribution in [3.8, 4) is 0 Å². The molecule has 6 nitrogen and oxygen atoms in total. The third-order valence-electron chi connectivity index (χ3n) is 6.71. The molecular formula is C26H31N3O3. The summed E-state index contributed by atoms with van der Waals surface area (Å²) in [6.07, 6.45) is 5.01. The molecule has 1 aliphatic carbocycles. The molecule has 32 heavy (non-hydrogen) atoms. The van der Waals surface area contributed by atoms with E-state index in [2.05, 4.69) is 10.6 Å². The summed E-state index contributed by atoms with van der Waals surface area (Å²) in [6.45, 7) is 3.39. The zero-order valence-corrected chi connectivity index (χ0v) is 18.7. The Morgan fingerprint density at radius 3 is 2.50 bits per heavy atom. The molecule has 2 N–H and O–H groups in total. The fraction of sp³-hybridized carbons (Fsp3) is 0.423. The van der Waals surface area contributed by atoms with Crippen LogP contribution in [0.5, 0.6) is 0 Å². The minimum Gasteiger partial charge on any atom is -0.348 e. The highest BCUT2D eigenvalue weighted by molar-refractivity contribution is 5.98. The van der Waals surface area contributed by atoms with Gasteiger partial charge in [0, 0.05) is 24.2 Å². The smallest absolute Gasteiger partial charge is 0.254 e. The molecule has 0 aromatic heterocycles. The van der Waals surface area contributed by atoms with E-state index < -0.39 is 6.04 Å². The summed E-state index contributed by atoms with van der Waals surface area (Å²) in [4.78, 5) is 40.1. The minimum absolute atomic E-state index is 0.0551. The Labute approximate surface area is 189 Å². The highest BCUT2D eigenvalue weighted by Crippen LogP contribution is 2.40. The van der Waals surface area contributed by atoms with E-state index in [1.165, 1.54) is 6.92 Å². The molecule has 4 atom stereocenters. The van der Waals surface area contributed by atoms with Crippen molar-refractivity contribution in [2.24, 2.45) is 5.92 Å². The van der Waals surface area contributed by atoms with Crippen LogP contribution in [0, 0.1) is 5.92 Å². The number of anilines is 1. The van der Waals surface area contributed by atoms with Crippen molar-refractivity contribution in [1.82, 2.24) is 10.2 Å². The second kappa shape index (κ2) is 9.55. The maximum Gasteiger partial charge on any atom is 0.254 e. The Morgan fingerprint density at radius 1 is 1.00 bits per heavy atom. The summed E-state index contributed by atoms with van der Waals surface area (Å²) in [5, 5.41) is 5.90. The molecule has 0 bridgehead atoms. The van der Waals surface area contributed by atoms with Crippen LogP contribution in [0.4, 0.5) is 5.69 Å². The van der Waals surface area contributed by atoms with E-state index in [0.717, 1.165) is 31.2 Å². The lowest BCUT2D eigenvalue weighted by molar-refractivity contribution is -0.125. The van der Waals surface area contributed by atoms with E-state index in [9.17, 15) is 14.4 Å². The average Bonchev–Trinajstić information content (AvgIpc) is 3.18. The summed E-state index contributed by atoms with van der Waals surface area (Å²) < 4.78 is 0. The highest BCUT2D eigenvalue weighted by Gasteiger charge is 2.47. The number of hydrogen-bond acceptors (Lipinski definition) is 3. The zero-order valence-electron chi connectivity index (χ0n) is 18.7. The van der Waals surface area contributed by atoms with Crippen LogP contribution in [-0.2, 0) is 9.59 Å². The van der Waals surface area contributed by atoms with Gasteiger partial charge in [-0.05, 0) is 61.9 Å². The first kappa shape index (κ1) is 22.1. The largest absolute Gasteiger partial charge is 0.348 e. The van der Waals surface area contributed by atoms with Crippen LogP contribution in [0.2, 0.25) is 0 Å². The van der Waals surface area contributed by atoms with Gasteiger partial charge in [-0.25, -0.2) is 0 Å². The van der Waals surface area contributed by atoms with Gasteiger partial charge < -0.3 is 15.5 Å². The minimum atomic E-state index is -0.461. The first-order valence-corrected chi connectivity index (χ1v) is 11.5. The van der Waals surface area contributed by atoms with Crippen LogP contribution >= 0.6 is 0 Å². The summed E-state index contributed by atoms with van der Waals surface area (Å²) in [5.41, 5.74) is 2.23. The molecule has 4 rings (SSSR count). The van der Waals surface area contributed by atoms with Crippen molar-refractivity contribution >= 4 is 23.4 Å². The van der Waals surface area contributed by atoms with Gasteiger partial charge in [0.05, 0.1) is 6.04 Å². The lowest BCUT2D eigenvalue weighted by Crippen LogP contribution is -2.50. The molecule has 2 aromatic rings. The van der Waals surface area contributed by atoms with Crippen LogP contribution in [0.1, 0.15) is 67.9 Å². The molecule has 2 aromatic carbocycles. The third kappa shape index (κ3) is 4.69. The van der Waals surface area contributed by atoms with Crippen LogP contribution in [0.25, 0.3) is 0 Å². The number of likely N-dealkylation sites (tertiary alicyclic amines) is 1. The molecule has 6 heteroatoms. The number of nitrogens with zero attached hydrogens (tertiary/aromatic N) is 1. The van der Waals surface area contributed by atoms with E-state index >= 15 is 0 Å². The van der Waals surface area contributed by atoms with E-state index in [1.54, 1.807) is 0 Å². The third-order valence-corrected chi connectivity index (χ3v) is 6.71. The van der Waals surface area contributed by atoms with Crippen LogP contribution in [0.3, 0.4) is 0 Å². The summed E-state index contributed by atoms with van der Waals surface area (Å²) >= 11 is 0. The normalized spacial score (nSPS) is 23.2. The van der Waals surface area contributed by atoms with Gasteiger partial charge in [0.25, 0.3) is 5.91 Å². The average molecular weight is 434 g/mol. The van der Waals surface area contributed by atoms with Crippen molar-refractivity contribution in [3.05, 3.63) is 65.7 Å². The van der Waals surface area contributed by atoms with E-state index in [4.69, 9.17) is 0 Å². The van der Waals surface area contributed by atoms with Gasteiger partial charge in [0.1, 0.15) is 6.04 Å². The number of rotatable bonds is 5. The molecule has 168 valence electrons. The first-order valence-electron chi connectivity index (χ1n) is 11.5. The fourth-order valence-corrected chi connectivity index (χ4v) is 5.20. The molecule has 1 saturated heterocycles. The molecule has 1 aliphatic heterocycles. The SMILES string of the molecule is CC(=O)Nc1cccc(C(C)NC(=O)C2CC3CCCCC3N2C(=O)c2ccccc2)c1. The van der Waals surface area contributed by atoms with Crippen molar-refractivity contribution < 1.29 is 14.4 Å². The van der Waals surface area contributed by atoms with Crippen molar-refractivity contribution in [1.29, 1.82) is 0 Å². The molecular weight excluding hydrogens is 402 g/mol. The second-order valence-corrected chi connectivity index (χ2v) is 8.98. The van der Waals surface area contributed by atoms with E-state index in [-0.39, 0.29) is 29.8 Å². The van der Waals surface area contributed by atoms with Crippen LogP contribution in [-0.4, -0.2) is 34.7 Å². The molecule has 1 heterocycles. The number of fused-ring (bicyclic) bond motifs is 1. The lowest BCUT2D eigenvalue weighted by atomic mass is 9.84. The monoisotopic (exact) mass is 433 g/mol. The second-order valence-electron chi connectivity index (χ2n) is 8.98. The molecule has 2 fully saturated rings. The van der Waals surface area contributed by atoms with Crippen molar-refractivity contribution in [2.45, 2.75) is 64.1 Å². The number of carbonyl (C=O) groups excluding carboxylic acids is 3. The predicted octanol–water partition coefficient (Wildman–Crippen LogP) is 4.30. The van der Waals surface area contributed by atoms with Gasteiger partial charge in [-0.1, -0.05) is 43.2 Å². The Kier molecular flexibility index (Phi) is 6.58. The van der Waals surface area contributed by atoms with Gasteiger partial charge in [0.2, 0.25) is 11.8 Å². The molecule has 3 amide bonds. The molecule has 0 radical (unpaired) electrons. The standard InChI is InChI=1S/C26H31N3O3/c1-17(20-12-8-13-22(15-20)28-18(2)30)27-25(31)24-16-21-11-6-7-14-23(21)29(24)26(32)19-9-4-3-5-10-19/h3-5,8-10,12-13,15,17,21,23-24H,6-7,11,14,16H2,1-2H3,(H,27,31)(H,28,30). The van der Waals surface area contributed by atoms with Gasteiger partial charge in [0.15, 0.2) is 0 Å². The number of amides is 3. The number of hydrogen-bond donors (Lipinski definition) is 2. The number of carbonyl (C=O) groups is 3. The molecule has 2 aliphatic rings. The maximum atomic E-state index is 13.4. The van der Waals surface area contributed by atoms with Gasteiger partial charge in [-0.2, -0.15) is 0 Å². The summed E-state index contributed by atoms with van der Waals surface area (Å²) in [5.74, 6) is 0.0783. The van der Waals surface area contributed by atoms with E-state index in [0.29, 0.717) is 23.6 Å². The predicted molar refractivity (Wildman–Crippen MR) is 124 cm³/mol. The van der Waals surface area contributed by atoms with Crippen LogP contribution in [0.15, 0.2) is 54.6 Å². The molecule has 0 spiro atoms.